The highest BCUT2D eigenvalue weighted by Crippen LogP contribution is 2.36. The highest BCUT2D eigenvalue weighted by molar-refractivity contribution is 5.66. The zero-order valence-electron chi connectivity index (χ0n) is 8.46. The van der Waals surface area contributed by atoms with Crippen LogP contribution < -0.4 is 14.8 Å². The Balaban J connectivity index is 2.43. The maximum Gasteiger partial charge on any atom is 0.241 e. The predicted molar refractivity (Wildman–Crippen MR) is 54.1 cm³/mol. The lowest BCUT2D eigenvalue weighted by atomic mass is 10.2. The van der Waals surface area contributed by atoms with Crippen LogP contribution in [0.1, 0.15) is 12.5 Å². The van der Waals surface area contributed by atoms with E-state index in [4.69, 9.17) is 9.47 Å². The Hall–Kier alpha value is -1.45. The fourth-order valence-corrected chi connectivity index (χ4v) is 1.49. The quantitative estimate of drug-likeness (QED) is 0.776. The van der Waals surface area contributed by atoms with Gasteiger partial charge in [0.15, 0.2) is 5.75 Å². The summed E-state index contributed by atoms with van der Waals surface area (Å²) in [7, 11) is 0. The summed E-state index contributed by atoms with van der Waals surface area (Å²) in [5, 5.41) is 3.24. The molecule has 0 aromatic carbocycles. The lowest BCUT2D eigenvalue weighted by Crippen LogP contribution is -2.20. The van der Waals surface area contributed by atoms with Crippen LogP contribution in [0, 0.1) is 6.92 Å². The van der Waals surface area contributed by atoms with Crippen molar-refractivity contribution in [2.45, 2.75) is 13.8 Å². The Morgan fingerprint density at radius 2 is 2.50 bits per heavy atom. The first-order chi connectivity index (χ1) is 6.83. The van der Waals surface area contributed by atoms with Crippen LogP contribution in [0.15, 0.2) is 6.20 Å². The van der Waals surface area contributed by atoms with Crippen molar-refractivity contribution in [3.05, 3.63) is 11.8 Å². The van der Waals surface area contributed by atoms with Gasteiger partial charge < -0.3 is 14.8 Å². The molecule has 1 aliphatic heterocycles. The first-order valence-electron chi connectivity index (χ1n) is 4.82. The van der Waals surface area contributed by atoms with E-state index in [1.54, 1.807) is 6.20 Å². The molecule has 0 atom stereocenters. The minimum Gasteiger partial charge on any atom is -0.491 e. The van der Waals surface area contributed by atoms with Gasteiger partial charge in [-0.25, -0.2) is 4.98 Å². The highest BCUT2D eigenvalue weighted by Gasteiger charge is 2.17. The fourth-order valence-electron chi connectivity index (χ4n) is 1.49. The van der Waals surface area contributed by atoms with Crippen molar-refractivity contribution in [2.24, 2.45) is 0 Å². The van der Waals surface area contributed by atoms with Crippen LogP contribution in [0.5, 0.6) is 11.6 Å². The van der Waals surface area contributed by atoms with E-state index in [2.05, 4.69) is 10.3 Å². The minimum absolute atomic E-state index is 0.644. The number of hydrogen-bond donors (Lipinski definition) is 1. The Kier molecular flexibility index (Phi) is 2.43. The van der Waals surface area contributed by atoms with E-state index in [1.165, 1.54) is 0 Å². The zero-order chi connectivity index (χ0) is 9.97. The average molecular weight is 194 g/mol. The molecule has 0 aliphatic carbocycles. The van der Waals surface area contributed by atoms with E-state index in [0.29, 0.717) is 19.1 Å². The SMILES string of the molecule is CCOc1c(C)cnc2c1NCCO2. The van der Waals surface area contributed by atoms with E-state index >= 15 is 0 Å². The van der Waals surface area contributed by atoms with Gasteiger partial charge in [0, 0.05) is 18.3 Å². The monoisotopic (exact) mass is 194 g/mol. The second kappa shape index (κ2) is 3.74. The van der Waals surface area contributed by atoms with Crippen LogP contribution in [0.2, 0.25) is 0 Å². The predicted octanol–water partition coefficient (Wildman–Crippen LogP) is 1.59. The molecular weight excluding hydrogens is 180 g/mol. The summed E-state index contributed by atoms with van der Waals surface area (Å²) in [6.07, 6.45) is 1.77. The van der Waals surface area contributed by atoms with E-state index in [1.807, 2.05) is 13.8 Å². The van der Waals surface area contributed by atoms with Crippen LogP contribution in [-0.2, 0) is 0 Å². The van der Waals surface area contributed by atoms with Crippen LogP contribution in [0.25, 0.3) is 0 Å². The fraction of sp³-hybridized carbons (Fsp3) is 0.500. The lowest BCUT2D eigenvalue weighted by molar-refractivity contribution is 0.298. The second-order valence-corrected chi connectivity index (χ2v) is 3.16. The molecule has 0 bridgehead atoms. The van der Waals surface area contributed by atoms with E-state index in [-0.39, 0.29) is 0 Å². The summed E-state index contributed by atoms with van der Waals surface area (Å²) in [5.41, 5.74) is 1.92. The third-order valence-corrected chi connectivity index (χ3v) is 2.11. The Morgan fingerprint density at radius 1 is 1.64 bits per heavy atom. The molecule has 0 saturated carbocycles. The number of ether oxygens (including phenoxy) is 2. The maximum atomic E-state index is 5.55. The first kappa shape index (κ1) is 9.12. The van der Waals surface area contributed by atoms with Gasteiger partial charge in [0.2, 0.25) is 5.88 Å². The van der Waals surface area contributed by atoms with Gasteiger partial charge in [-0.3, -0.25) is 0 Å². The number of nitrogens with zero attached hydrogens (tertiary/aromatic N) is 1. The van der Waals surface area contributed by atoms with Gasteiger partial charge in [-0.1, -0.05) is 0 Å². The van der Waals surface area contributed by atoms with Crippen molar-refractivity contribution in [2.75, 3.05) is 25.1 Å². The minimum atomic E-state index is 0.644. The van der Waals surface area contributed by atoms with Crippen molar-refractivity contribution in [3.63, 3.8) is 0 Å². The van der Waals surface area contributed by atoms with Gasteiger partial charge in [0.25, 0.3) is 0 Å². The molecular formula is C10H14N2O2. The van der Waals surface area contributed by atoms with Crippen LogP contribution in [-0.4, -0.2) is 24.7 Å². The van der Waals surface area contributed by atoms with Crippen LogP contribution in [0.3, 0.4) is 0 Å². The van der Waals surface area contributed by atoms with Crippen molar-refractivity contribution in [3.8, 4) is 11.6 Å². The molecule has 76 valence electrons. The first-order valence-corrected chi connectivity index (χ1v) is 4.82. The van der Waals surface area contributed by atoms with E-state index in [0.717, 1.165) is 23.5 Å². The summed E-state index contributed by atoms with van der Waals surface area (Å²) in [4.78, 5) is 4.20. The number of rotatable bonds is 2. The summed E-state index contributed by atoms with van der Waals surface area (Å²) in [6, 6.07) is 0. The molecule has 4 heteroatoms. The third kappa shape index (κ3) is 1.47. The molecule has 0 amide bonds. The van der Waals surface area contributed by atoms with Gasteiger partial charge in [-0.2, -0.15) is 0 Å². The van der Waals surface area contributed by atoms with Gasteiger partial charge in [-0.15, -0.1) is 0 Å². The molecule has 2 heterocycles. The standard InChI is InChI=1S/C10H14N2O2/c1-3-13-9-7(2)6-12-10-8(9)11-4-5-14-10/h6,11H,3-5H2,1-2H3. The number of fused-ring (bicyclic) bond motifs is 1. The van der Waals surface area contributed by atoms with Crippen molar-refractivity contribution < 1.29 is 9.47 Å². The van der Waals surface area contributed by atoms with Crippen molar-refractivity contribution in [1.29, 1.82) is 0 Å². The Labute approximate surface area is 83.2 Å². The second-order valence-electron chi connectivity index (χ2n) is 3.16. The van der Waals surface area contributed by atoms with E-state index < -0.39 is 0 Å². The largest absolute Gasteiger partial charge is 0.491 e. The summed E-state index contributed by atoms with van der Waals surface area (Å²) < 4.78 is 11.0. The summed E-state index contributed by atoms with van der Waals surface area (Å²) in [6.45, 7) is 6.07. The topological polar surface area (TPSA) is 43.4 Å². The molecule has 0 unspecified atom stereocenters. The van der Waals surface area contributed by atoms with Gasteiger partial charge >= 0.3 is 0 Å². The summed E-state index contributed by atoms with van der Waals surface area (Å²) >= 11 is 0. The number of hydrogen-bond acceptors (Lipinski definition) is 4. The number of anilines is 1. The Bertz CT molecular complexity index is 339. The highest BCUT2D eigenvalue weighted by atomic mass is 16.5. The zero-order valence-corrected chi connectivity index (χ0v) is 8.46. The van der Waals surface area contributed by atoms with E-state index in [9.17, 15) is 0 Å². The lowest BCUT2D eigenvalue weighted by Gasteiger charge is -2.21. The third-order valence-electron chi connectivity index (χ3n) is 2.11. The molecule has 14 heavy (non-hydrogen) atoms. The molecule has 0 saturated heterocycles. The van der Waals surface area contributed by atoms with Gasteiger partial charge in [-0.05, 0) is 13.8 Å². The maximum absolute atomic E-state index is 5.55. The van der Waals surface area contributed by atoms with Gasteiger partial charge in [0.1, 0.15) is 12.3 Å². The molecule has 1 aromatic rings. The normalized spacial score (nSPS) is 13.9. The van der Waals surface area contributed by atoms with Crippen LogP contribution in [0.4, 0.5) is 5.69 Å². The number of pyridine rings is 1. The molecule has 1 N–H and O–H groups in total. The van der Waals surface area contributed by atoms with Crippen molar-refractivity contribution in [1.82, 2.24) is 4.98 Å². The average Bonchev–Trinajstić information content (AvgIpc) is 2.23. The molecule has 4 nitrogen and oxygen atoms in total. The van der Waals surface area contributed by atoms with Crippen molar-refractivity contribution >= 4 is 5.69 Å². The summed E-state index contributed by atoms with van der Waals surface area (Å²) in [5.74, 6) is 1.50. The number of aromatic nitrogens is 1. The molecule has 0 spiro atoms. The molecule has 1 aromatic heterocycles. The molecule has 1 aliphatic rings. The molecule has 2 rings (SSSR count). The van der Waals surface area contributed by atoms with Crippen LogP contribution >= 0.6 is 0 Å². The molecule has 0 radical (unpaired) electrons. The van der Waals surface area contributed by atoms with Gasteiger partial charge in [0.05, 0.1) is 6.61 Å². The number of nitrogens with one attached hydrogen (secondary N) is 1. The smallest absolute Gasteiger partial charge is 0.241 e. The Morgan fingerprint density at radius 3 is 3.29 bits per heavy atom. The molecule has 0 fully saturated rings. The number of aryl methyl sites for hydroxylation is 1.